The number of urea groups is 2. The second-order valence-electron chi connectivity index (χ2n) is 5.26. The monoisotopic (exact) mass is 354 g/mol. The minimum absolute atomic E-state index is 0.270. The topological polar surface area (TPSA) is 151 Å². The smallest absolute Gasteiger partial charge is 0.273 e. The summed E-state index contributed by atoms with van der Waals surface area (Å²) in [6.07, 6.45) is 2.51. The molecule has 0 unspecified atom stereocenters. The molecular formula is C16H10N4O6. The molecular weight excluding hydrogens is 344 g/mol. The Balaban J connectivity index is 1.92. The van der Waals surface area contributed by atoms with Crippen LogP contribution in [0.5, 0.6) is 0 Å². The molecule has 26 heavy (non-hydrogen) atoms. The highest BCUT2D eigenvalue weighted by molar-refractivity contribution is 6.32. The molecule has 0 radical (unpaired) electrons. The lowest BCUT2D eigenvalue weighted by atomic mass is 10.0. The van der Waals surface area contributed by atoms with Gasteiger partial charge in [-0.15, -0.1) is 0 Å². The number of carbonyl (C=O) groups is 6. The number of carbonyl (C=O) groups excluding carboxylic acids is 6. The first kappa shape index (κ1) is 16.8. The lowest BCUT2D eigenvalue weighted by Crippen LogP contribution is -2.51. The summed E-state index contributed by atoms with van der Waals surface area (Å²) in [5, 5.41) is 7.79. The van der Waals surface area contributed by atoms with E-state index >= 15 is 0 Å². The number of barbiturate groups is 2. The number of hydrogen-bond acceptors (Lipinski definition) is 6. The maximum atomic E-state index is 11.7. The summed E-state index contributed by atoms with van der Waals surface area (Å²) in [5.41, 5.74) is 0.296. The van der Waals surface area contributed by atoms with E-state index in [1.54, 1.807) is 18.2 Å². The minimum Gasteiger partial charge on any atom is -0.273 e. The van der Waals surface area contributed by atoms with Crippen molar-refractivity contribution in [3.05, 3.63) is 46.5 Å². The third-order valence-electron chi connectivity index (χ3n) is 3.42. The lowest BCUT2D eigenvalue weighted by molar-refractivity contribution is -0.125. The molecule has 130 valence electrons. The van der Waals surface area contributed by atoms with Gasteiger partial charge in [-0.3, -0.25) is 40.4 Å². The second-order valence-corrected chi connectivity index (χ2v) is 5.26. The first-order valence-corrected chi connectivity index (χ1v) is 7.20. The largest absolute Gasteiger partial charge is 0.328 e. The predicted octanol–water partition coefficient (Wildman–Crippen LogP) is -0.815. The van der Waals surface area contributed by atoms with Crippen molar-refractivity contribution in [2.75, 3.05) is 0 Å². The van der Waals surface area contributed by atoms with Crippen molar-refractivity contribution < 1.29 is 28.8 Å². The average Bonchev–Trinajstić information content (AvgIpc) is 2.55. The first-order chi connectivity index (χ1) is 12.3. The van der Waals surface area contributed by atoms with Crippen LogP contribution in [0.3, 0.4) is 0 Å². The fourth-order valence-corrected chi connectivity index (χ4v) is 2.28. The molecule has 10 heteroatoms. The van der Waals surface area contributed by atoms with Crippen LogP contribution in [-0.4, -0.2) is 35.7 Å². The van der Waals surface area contributed by atoms with Crippen LogP contribution in [0.4, 0.5) is 9.59 Å². The highest BCUT2D eigenvalue weighted by Gasteiger charge is 2.28. The Kier molecular flexibility index (Phi) is 4.15. The first-order valence-electron chi connectivity index (χ1n) is 7.20. The van der Waals surface area contributed by atoms with Gasteiger partial charge in [0.25, 0.3) is 23.6 Å². The van der Waals surface area contributed by atoms with Crippen LogP contribution in [0.2, 0.25) is 0 Å². The molecule has 0 bridgehead atoms. The Labute approximate surface area is 145 Å². The molecule has 3 rings (SSSR count). The highest BCUT2D eigenvalue weighted by atomic mass is 16.2. The average molecular weight is 354 g/mol. The molecule has 0 aliphatic carbocycles. The fourth-order valence-electron chi connectivity index (χ4n) is 2.28. The van der Waals surface area contributed by atoms with Crippen LogP contribution >= 0.6 is 0 Å². The number of hydrogen-bond donors (Lipinski definition) is 4. The van der Waals surface area contributed by atoms with Gasteiger partial charge in [0.05, 0.1) is 0 Å². The summed E-state index contributed by atoms with van der Waals surface area (Å²) in [4.78, 5) is 69.0. The second kappa shape index (κ2) is 6.43. The van der Waals surface area contributed by atoms with E-state index in [4.69, 9.17) is 0 Å². The van der Waals surface area contributed by atoms with Crippen molar-refractivity contribution in [1.29, 1.82) is 0 Å². The van der Waals surface area contributed by atoms with Gasteiger partial charge in [0.2, 0.25) is 0 Å². The Morgan fingerprint density at radius 2 is 0.923 bits per heavy atom. The minimum atomic E-state index is -0.903. The molecule has 2 fully saturated rings. The van der Waals surface area contributed by atoms with Crippen molar-refractivity contribution in [1.82, 2.24) is 21.3 Å². The van der Waals surface area contributed by atoms with E-state index < -0.39 is 35.7 Å². The summed E-state index contributed by atoms with van der Waals surface area (Å²) in [6, 6.07) is 4.44. The Morgan fingerprint density at radius 1 is 0.577 bits per heavy atom. The maximum Gasteiger partial charge on any atom is 0.328 e. The predicted molar refractivity (Wildman–Crippen MR) is 85.8 cm³/mol. The molecule has 2 saturated heterocycles. The third kappa shape index (κ3) is 3.38. The Hall–Kier alpha value is -4.08. The van der Waals surface area contributed by atoms with Crippen LogP contribution in [0, 0.1) is 0 Å². The zero-order valence-corrected chi connectivity index (χ0v) is 12.9. The molecule has 2 heterocycles. The van der Waals surface area contributed by atoms with Crippen LogP contribution < -0.4 is 21.3 Å². The van der Waals surface area contributed by atoms with Crippen molar-refractivity contribution in [3.63, 3.8) is 0 Å². The van der Waals surface area contributed by atoms with Gasteiger partial charge in [-0.05, 0) is 29.3 Å². The van der Waals surface area contributed by atoms with Crippen molar-refractivity contribution >= 4 is 47.8 Å². The van der Waals surface area contributed by atoms with Gasteiger partial charge < -0.3 is 0 Å². The van der Waals surface area contributed by atoms with Crippen molar-refractivity contribution in [3.8, 4) is 0 Å². The standard InChI is InChI=1S/C16H10N4O6/c21-11-9(12(22)18-15(25)17-11)5-7-2-1-3-8(4-7)6-10-13(23)19-16(26)20-14(10)24/h1-6H,(H2,17,18,21,22,25)(H2,19,20,23,24,26). The van der Waals surface area contributed by atoms with Crippen LogP contribution in [0.25, 0.3) is 12.2 Å². The van der Waals surface area contributed by atoms with Crippen molar-refractivity contribution in [2.24, 2.45) is 0 Å². The van der Waals surface area contributed by atoms with E-state index in [-0.39, 0.29) is 11.1 Å². The summed E-state index contributed by atoms with van der Waals surface area (Å²) in [5.74, 6) is -3.36. The molecule has 1 aromatic rings. The van der Waals surface area contributed by atoms with Gasteiger partial charge in [0, 0.05) is 0 Å². The molecule has 8 amide bonds. The summed E-state index contributed by atoms with van der Waals surface area (Å²) in [6.45, 7) is 0. The van der Waals surface area contributed by atoms with E-state index in [1.165, 1.54) is 18.2 Å². The number of imide groups is 4. The van der Waals surface area contributed by atoms with E-state index in [1.807, 2.05) is 21.3 Å². The van der Waals surface area contributed by atoms with Crippen LogP contribution in [0.1, 0.15) is 11.1 Å². The maximum absolute atomic E-state index is 11.7. The van der Waals surface area contributed by atoms with Crippen LogP contribution in [-0.2, 0) is 19.2 Å². The van der Waals surface area contributed by atoms with E-state index in [0.717, 1.165) is 0 Å². The number of amides is 8. The van der Waals surface area contributed by atoms with Gasteiger partial charge >= 0.3 is 12.1 Å². The van der Waals surface area contributed by atoms with Gasteiger partial charge in [-0.1, -0.05) is 18.2 Å². The van der Waals surface area contributed by atoms with Gasteiger partial charge in [-0.25, -0.2) is 9.59 Å². The zero-order chi connectivity index (χ0) is 18.8. The quantitative estimate of drug-likeness (QED) is 0.403. The molecule has 2 aliphatic rings. The fraction of sp³-hybridized carbons (Fsp3) is 0. The normalized spacial score (nSPS) is 17.2. The van der Waals surface area contributed by atoms with E-state index in [0.29, 0.717) is 11.1 Å². The van der Waals surface area contributed by atoms with E-state index in [2.05, 4.69) is 0 Å². The molecule has 0 atom stereocenters. The number of rotatable bonds is 2. The van der Waals surface area contributed by atoms with Gasteiger partial charge in [0.15, 0.2) is 0 Å². The van der Waals surface area contributed by atoms with Crippen LogP contribution in [0.15, 0.2) is 35.4 Å². The summed E-state index contributed by atoms with van der Waals surface area (Å²) >= 11 is 0. The highest BCUT2D eigenvalue weighted by Crippen LogP contribution is 2.15. The molecule has 2 aliphatic heterocycles. The molecule has 4 N–H and O–H groups in total. The number of benzene rings is 1. The third-order valence-corrected chi connectivity index (χ3v) is 3.42. The molecule has 0 aromatic heterocycles. The van der Waals surface area contributed by atoms with E-state index in [9.17, 15) is 28.8 Å². The molecule has 0 saturated carbocycles. The van der Waals surface area contributed by atoms with Gasteiger partial charge in [0.1, 0.15) is 11.1 Å². The summed E-state index contributed by atoms with van der Waals surface area (Å²) in [7, 11) is 0. The van der Waals surface area contributed by atoms with Crippen molar-refractivity contribution in [2.45, 2.75) is 0 Å². The Morgan fingerprint density at radius 3 is 1.27 bits per heavy atom. The molecule has 0 spiro atoms. The number of nitrogens with one attached hydrogen (secondary N) is 4. The zero-order valence-electron chi connectivity index (χ0n) is 12.9. The lowest BCUT2D eigenvalue weighted by Gasteiger charge is -2.14. The molecule has 1 aromatic carbocycles. The molecule has 10 nitrogen and oxygen atoms in total. The Bertz CT molecular complexity index is 842. The SMILES string of the molecule is O=C1NC(=O)C(=Cc2cccc(C=C3C(=O)NC(=O)NC3=O)c2)C(=O)N1. The summed E-state index contributed by atoms with van der Waals surface area (Å²) < 4.78 is 0. The van der Waals surface area contributed by atoms with Gasteiger partial charge in [-0.2, -0.15) is 0 Å².